The molecular weight excluding hydrogens is 244 g/mol. The summed E-state index contributed by atoms with van der Waals surface area (Å²) in [6, 6.07) is 6.03. The minimum atomic E-state index is 0.146. The lowest BCUT2D eigenvalue weighted by Crippen LogP contribution is -2.26. The second-order valence-electron chi connectivity index (χ2n) is 4.39. The number of terminal acetylenes is 1. The number of hydrogen-bond acceptors (Lipinski definition) is 1. The van der Waals surface area contributed by atoms with E-state index in [-0.39, 0.29) is 6.04 Å². The molecule has 2 aromatic rings. The molecule has 1 aromatic heterocycles. The van der Waals surface area contributed by atoms with E-state index in [0.29, 0.717) is 0 Å². The second-order valence-corrected chi connectivity index (χ2v) is 4.83. The fraction of sp³-hybridized carbons (Fsp3) is 0.333. The van der Waals surface area contributed by atoms with Crippen LogP contribution in [0.1, 0.15) is 25.3 Å². The van der Waals surface area contributed by atoms with Crippen LogP contribution in [0.25, 0.3) is 10.9 Å². The summed E-state index contributed by atoms with van der Waals surface area (Å²) >= 11 is 5.96. The largest absolute Gasteiger partial charge is 0.361 e. The highest BCUT2D eigenvalue weighted by atomic mass is 35.5. The Morgan fingerprint density at radius 3 is 3.06 bits per heavy atom. The number of nitrogens with one attached hydrogen (secondary N) is 2. The molecule has 0 saturated carbocycles. The van der Waals surface area contributed by atoms with Crippen LogP contribution in [-0.2, 0) is 6.54 Å². The number of hydrogen-bond donors (Lipinski definition) is 2. The van der Waals surface area contributed by atoms with Gasteiger partial charge in [0, 0.05) is 28.7 Å². The van der Waals surface area contributed by atoms with Crippen LogP contribution in [0.15, 0.2) is 24.4 Å². The molecule has 0 aliphatic carbocycles. The summed E-state index contributed by atoms with van der Waals surface area (Å²) in [6.45, 7) is 2.91. The molecule has 1 aromatic carbocycles. The molecule has 0 bridgehead atoms. The molecule has 94 valence electrons. The lowest BCUT2D eigenvalue weighted by Gasteiger charge is -2.11. The van der Waals surface area contributed by atoms with E-state index < -0.39 is 0 Å². The maximum atomic E-state index is 5.96. The van der Waals surface area contributed by atoms with Crippen LogP contribution in [-0.4, -0.2) is 11.0 Å². The van der Waals surface area contributed by atoms with Crippen molar-refractivity contribution in [3.63, 3.8) is 0 Å². The van der Waals surface area contributed by atoms with Crippen LogP contribution in [0.3, 0.4) is 0 Å². The zero-order valence-electron chi connectivity index (χ0n) is 10.5. The van der Waals surface area contributed by atoms with E-state index in [2.05, 4.69) is 23.1 Å². The first kappa shape index (κ1) is 13.0. The van der Waals surface area contributed by atoms with Crippen LogP contribution in [0.5, 0.6) is 0 Å². The molecule has 0 radical (unpaired) electrons. The van der Waals surface area contributed by atoms with Crippen LogP contribution in [0, 0.1) is 12.3 Å². The third-order valence-corrected chi connectivity index (χ3v) is 3.28. The molecule has 18 heavy (non-hydrogen) atoms. The number of fused-ring (bicyclic) bond motifs is 1. The molecule has 2 N–H and O–H groups in total. The molecule has 0 aliphatic rings. The van der Waals surface area contributed by atoms with Crippen LogP contribution in [0.2, 0.25) is 5.02 Å². The van der Waals surface area contributed by atoms with E-state index in [1.54, 1.807) is 0 Å². The third-order valence-electron chi connectivity index (χ3n) is 3.05. The molecule has 1 atom stereocenters. The monoisotopic (exact) mass is 260 g/mol. The van der Waals surface area contributed by atoms with Gasteiger partial charge in [0.2, 0.25) is 0 Å². The molecule has 0 aliphatic heterocycles. The topological polar surface area (TPSA) is 27.8 Å². The maximum Gasteiger partial charge on any atom is 0.0689 e. The second kappa shape index (κ2) is 5.95. The number of benzene rings is 1. The smallest absolute Gasteiger partial charge is 0.0689 e. The van der Waals surface area contributed by atoms with Gasteiger partial charge < -0.3 is 4.98 Å². The third kappa shape index (κ3) is 2.87. The Hall–Kier alpha value is -1.43. The minimum absolute atomic E-state index is 0.146. The van der Waals surface area contributed by atoms with Gasteiger partial charge in [-0.3, -0.25) is 5.32 Å². The van der Waals surface area contributed by atoms with Crippen molar-refractivity contribution < 1.29 is 0 Å². The number of aromatic amines is 1. The fourth-order valence-electron chi connectivity index (χ4n) is 2.07. The average molecular weight is 261 g/mol. The molecule has 3 heteroatoms. The minimum Gasteiger partial charge on any atom is -0.361 e. The lowest BCUT2D eigenvalue weighted by molar-refractivity contribution is 0.564. The number of halogens is 1. The first-order chi connectivity index (χ1) is 8.74. The van der Waals surface area contributed by atoms with Crippen molar-refractivity contribution in [3.8, 4) is 12.3 Å². The predicted molar refractivity (Wildman–Crippen MR) is 77.7 cm³/mol. The highest BCUT2D eigenvalue weighted by molar-refractivity contribution is 6.31. The van der Waals surface area contributed by atoms with Gasteiger partial charge in [-0.1, -0.05) is 36.9 Å². The summed E-state index contributed by atoms with van der Waals surface area (Å²) in [6.07, 6.45) is 9.59. The van der Waals surface area contributed by atoms with Gasteiger partial charge >= 0.3 is 0 Å². The van der Waals surface area contributed by atoms with E-state index >= 15 is 0 Å². The molecule has 0 saturated heterocycles. The molecule has 0 spiro atoms. The van der Waals surface area contributed by atoms with E-state index in [1.807, 2.05) is 24.4 Å². The quantitative estimate of drug-likeness (QED) is 0.788. The molecule has 2 nitrogen and oxygen atoms in total. The van der Waals surface area contributed by atoms with Gasteiger partial charge in [-0.25, -0.2) is 0 Å². The van der Waals surface area contributed by atoms with Gasteiger partial charge in [0.15, 0.2) is 0 Å². The van der Waals surface area contributed by atoms with Crippen molar-refractivity contribution in [1.82, 2.24) is 10.3 Å². The molecule has 0 fully saturated rings. The Kier molecular flexibility index (Phi) is 4.30. The SMILES string of the molecule is C#CC(CCC)NCc1c[nH]c2cc(Cl)ccc12. The van der Waals surface area contributed by atoms with Crippen molar-refractivity contribution in [2.24, 2.45) is 0 Å². The van der Waals surface area contributed by atoms with Gasteiger partial charge in [0.1, 0.15) is 0 Å². The first-order valence-electron chi connectivity index (χ1n) is 6.19. The van der Waals surface area contributed by atoms with Crippen LogP contribution in [0.4, 0.5) is 0 Å². The van der Waals surface area contributed by atoms with E-state index in [9.17, 15) is 0 Å². The summed E-state index contributed by atoms with van der Waals surface area (Å²) in [5.41, 5.74) is 2.28. The summed E-state index contributed by atoms with van der Waals surface area (Å²) < 4.78 is 0. The standard InChI is InChI=1S/C15H17ClN2/c1-3-5-13(4-2)17-9-11-10-18-15-8-12(16)6-7-14(11)15/h2,6-8,10,13,17-18H,3,5,9H2,1H3. The van der Waals surface area contributed by atoms with E-state index in [0.717, 1.165) is 29.9 Å². The Labute approximate surface area is 113 Å². The lowest BCUT2D eigenvalue weighted by atomic mass is 10.1. The van der Waals surface area contributed by atoms with Crippen molar-refractivity contribution >= 4 is 22.5 Å². The molecule has 2 rings (SSSR count). The van der Waals surface area contributed by atoms with Crippen molar-refractivity contribution in [2.45, 2.75) is 32.4 Å². The van der Waals surface area contributed by atoms with Gasteiger partial charge in [-0.15, -0.1) is 6.42 Å². The zero-order valence-corrected chi connectivity index (χ0v) is 11.2. The highest BCUT2D eigenvalue weighted by Gasteiger charge is 2.07. The number of rotatable bonds is 5. The highest BCUT2D eigenvalue weighted by Crippen LogP contribution is 2.22. The molecule has 0 amide bonds. The summed E-state index contributed by atoms with van der Waals surface area (Å²) in [4.78, 5) is 3.23. The summed E-state index contributed by atoms with van der Waals surface area (Å²) in [7, 11) is 0. The van der Waals surface area contributed by atoms with Gasteiger partial charge in [0.05, 0.1) is 6.04 Å². The normalized spacial score (nSPS) is 12.5. The summed E-state index contributed by atoms with van der Waals surface area (Å²) in [5.74, 6) is 2.78. The Morgan fingerprint density at radius 2 is 2.33 bits per heavy atom. The maximum absolute atomic E-state index is 5.96. The van der Waals surface area contributed by atoms with E-state index in [4.69, 9.17) is 18.0 Å². The first-order valence-corrected chi connectivity index (χ1v) is 6.57. The number of aromatic nitrogens is 1. The van der Waals surface area contributed by atoms with Crippen LogP contribution >= 0.6 is 11.6 Å². The summed E-state index contributed by atoms with van der Waals surface area (Å²) in [5, 5.41) is 5.33. The predicted octanol–water partition coefficient (Wildman–Crippen LogP) is 3.71. The zero-order chi connectivity index (χ0) is 13.0. The molecular formula is C15H17ClN2. The van der Waals surface area contributed by atoms with Gasteiger partial charge in [0.25, 0.3) is 0 Å². The van der Waals surface area contributed by atoms with E-state index in [1.165, 1.54) is 10.9 Å². The van der Waals surface area contributed by atoms with Crippen molar-refractivity contribution in [1.29, 1.82) is 0 Å². The number of H-pyrrole nitrogens is 1. The average Bonchev–Trinajstić information content (AvgIpc) is 2.76. The molecule has 1 heterocycles. The Morgan fingerprint density at radius 1 is 1.50 bits per heavy atom. The Balaban J connectivity index is 2.10. The molecule has 1 unspecified atom stereocenters. The Bertz CT molecular complexity index is 565. The van der Waals surface area contributed by atoms with Crippen molar-refractivity contribution in [2.75, 3.05) is 0 Å². The van der Waals surface area contributed by atoms with Gasteiger partial charge in [-0.2, -0.15) is 0 Å². The van der Waals surface area contributed by atoms with Crippen LogP contribution < -0.4 is 5.32 Å². The fourth-order valence-corrected chi connectivity index (χ4v) is 2.24. The van der Waals surface area contributed by atoms with Crippen molar-refractivity contribution in [3.05, 3.63) is 35.0 Å². The van der Waals surface area contributed by atoms with Gasteiger partial charge in [-0.05, 0) is 24.1 Å².